The van der Waals surface area contributed by atoms with E-state index in [1.165, 1.54) is 5.56 Å². The normalized spacial score (nSPS) is 19.0. The summed E-state index contributed by atoms with van der Waals surface area (Å²) in [6, 6.07) is 10.1. The van der Waals surface area contributed by atoms with E-state index >= 15 is 0 Å². The van der Waals surface area contributed by atoms with Crippen molar-refractivity contribution < 1.29 is 14.4 Å². The van der Waals surface area contributed by atoms with Crippen LogP contribution in [0.1, 0.15) is 29.9 Å². The van der Waals surface area contributed by atoms with Gasteiger partial charge in [0.15, 0.2) is 5.76 Å². The Morgan fingerprint density at radius 3 is 3.09 bits per heavy atom. The van der Waals surface area contributed by atoms with E-state index in [0.717, 1.165) is 49.7 Å². The molecule has 3 rings (SSSR count). The predicted octanol–water partition coefficient (Wildman–Crippen LogP) is 2.77. The molecule has 2 heterocycles. The van der Waals surface area contributed by atoms with E-state index in [2.05, 4.69) is 22.2 Å². The lowest BCUT2D eigenvalue weighted by molar-refractivity contribution is 0.116. The van der Waals surface area contributed by atoms with Gasteiger partial charge in [-0.25, -0.2) is 0 Å². The lowest BCUT2D eigenvalue weighted by atomic mass is 9.98. The average Bonchev–Trinajstić information content (AvgIpc) is 2.99. The molecule has 0 aliphatic carbocycles. The van der Waals surface area contributed by atoms with Crippen LogP contribution in [-0.2, 0) is 13.2 Å². The minimum absolute atomic E-state index is 0.288. The van der Waals surface area contributed by atoms with Gasteiger partial charge in [-0.3, -0.25) is 4.90 Å². The van der Waals surface area contributed by atoms with Crippen molar-refractivity contribution in [2.45, 2.75) is 32.9 Å². The number of piperidine rings is 1. The molecule has 1 saturated heterocycles. The fourth-order valence-electron chi connectivity index (χ4n) is 3.07. The third kappa shape index (κ3) is 4.56. The summed E-state index contributed by atoms with van der Waals surface area (Å²) >= 11 is 0. The fourth-order valence-corrected chi connectivity index (χ4v) is 3.07. The van der Waals surface area contributed by atoms with Gasteiger partial charge in [0, 0.05) is 25.8 Å². The van der Waals surface area contributed by atoms with Gasteiger partial charge in [-0.2, -0.15) is 0 Å². The smallest absolute Gasteiger partial charge is 0.174 e. The quantitative estimate of drug-likeness (QED) is 0.888. The molecule has 1 unspecified atom stereocenters. The van der Waals surface area contributed by atoms with Crippen LogP contribution in [0.2, 0.25) is 0 Å². The number of aromatic nitrogens is 1. The zero-order valence-corrected chi connectivity index (χ0v) is 13.6. The monoisotopic (exact) mass is 316 g/mol. The largest absolute Gasteiger partial charge is 0.486 e. The van der Waals surface area contributed by atoms with Crippen molar-refractivity contribution in [1.29, 1.82) is 0 Å². The maximum atomic E-state index is 9.34. The van der Waals surface area contributed by atoms with Crippen LogP contribution in [0.4, 0.5) is 0 Å². The number of ether oxygens (including phenoxy) is 1. The van der Waals surface area contributed by atoms with Gasteiger partial charge >= 0.3 is 0 Å². The van der Waals surface area contributed by atoms with Gasteiger partial charge in [0.1, 0.15) is 12.4 Å². The van der Waals surface area contributed by atoms with E-state index in [9.17, 15) is 5.11 Å². The number of rotatable bonds is 6. The molecule has 1 aromatic carbocycles. The fraction of sp³-hybridized carbons (Fsp3) is 0.500. The van der Waals surface area contributed by atoms with Gasteiger partial charge in [-0.05, 0) is 49.9 Å². The summed E-state index contributed by atoms with van der Waals surface area (Å²) in [4.78, 5) is 2.41. The molecule has 23 heavy (non-hydrogen) atoms. The Morgan fingerprint density at radius 2 is 2.30 bits per heavy atom. The summed E-state index contributed by atoms with van der Waals surface area (Å²) in [6.45, 7) is 5.54. The Kier molecular flexibility index (Phi) is 5.31. The van der Waals surface area contributed by atoms with Gasteiger partial charge in [-0.15, -0.1) is 0 Å². The Morgan fingerprint density at radius 1 is 1.39 bits per heavy atom. The van der Waals surface area contributed by atoms with Crippen LogP contribution in [0, 0.1) is 12.8 Å². The van der Waals surface area contributed by atoms with Crippen LogP contribution >= 0.6 is 0 Å². The maximum absolute atomic E-state index is 9.34. The SMILES string of the molecule is Cc1cc(COc2cccc(CN3CCCC(CO)C3)c2)on1. The molecule has 2 aromatic rings. The van der Waals surface area contributed by atoms with Crippen molar-refractivity contribution in [2.75, 3.05) is 19.7 Å². The Hall–Kier alpha value is -1.85. The highest BCUT2D eigenvalue weighted by molar-refractivity contribution is 5.28. The van der Waals surface area contributed by atoms with Gasteiger partial charge in [0.2, 0.25) is 0 Å². The molecule has 0 saturated carbocycles. The number of likely N-dealkylation sites (tertiary alicyclic amines) is 1. The number of aryl methyl sites for hydroxylation is 1. The molecular weight excluding hydrogens is 292 g/mol. The molecule has 0 bridgehead atoms. The molecule has 1 aliphatic rings. The maximum Gasteiger partial charge on any atom is 0.174 e. The number of aliphatic hydroxyl groups is 1. The standard InChI is InChI=1S/C18H24N2O3/c1-14-8-18(23-19-14)13-22-17-6-2-4-15(9-17)10-20-7-3-5-16(11-20)12-21/h2,4,6,8-9,16,21H,3,5,7,10-13H2,1H3. The Bertz CT molecular complexity index is 626. The van der Waals surface area contributed by atoms with Crippen molar-refractivity contribution in [3.63, 3.8) is 0 Å². The van der Waals surface area contributed by atoms with Crippen molar-refractivity contribution in [3.05, 3.63) is 47.3 Å². The van der Waals surface area contributed by atoms with Crippen molar-refractivity contribution in [1.82, 2.24) is 10.1 Å². The van der Waals surface area contributed by atoms with Gasteiger partial charge in [0.05, 0.1) is 5.69 Å². The first-order valence-corrected chi connectivity index (χ1v) is 8.20. The molecule has 1 aromatic heterocycles. The Labute approximate surface area is 136 Å². The second-order valence-electron chi connectivity index (χ2n) is 6.30. The molecule has 5 nitrogen and oxygen atoms in total. The number of hydrogen-bond donors (Lipinski definition) is 1. The summed E-state index contributed by atoms with van der Waals surface area (Å²) in [5, 5.41) is 13.2. The first-order chi connectivity index (χ1) is 11.2. The van der Waals surface area contributed by atoms with Crippen LogP contribution in [0.5, 0.6) is 5.75 Å². The first-order valence-electron chi connectivity index (χ1n) is 8.20. The molecular formula is C18H24N2O3. The van der Waals surface area contributed by atoms with Crippen molar-refractivity contribution >= 4 is 0 Å². The molecule has 0 amide bonds. The molecule has 1 fully saturated rings. The minimum Gasteiger partial charge on any atom is -0.486 e. The van der Waals surface area contributed by atoms with E-state index in [0.29, 0.717) is 12.5 Å². The number of nitrogens with zero attached hydrogens (tertiary/aromatic N) is 2. The summed E-state index contributed by atoms with van der Waals surface area (Å²) in [6.07, 6.45) is 2.29. The van der Waals surface area contributed by atoms with Gasteiger partial charge in [-0.1, -0.05) is 17.3 Å². The molecule has 1 aliphatic heterocycles. The molecule has 1 N–H and O–H groups in total. The van der Waals surface area contributed by atoms with E-state index in [-0.39, 0.29) is 6.61 Å². The summed E-state index contributed by atoms with van der Waals surface area (Å²) < 4.78 is 10.9. The van der Waals surface area contributed by atoms with E-state index in [1.54, 1.807) is 0 Å². The Balaban J connectivity index is 1.56. The highest BCUT2D eigenvalue weighted by Crippen LogP contribution is 2.21. The van der Waals surface area contributed by atoms with Crippen molar-refractivity contribution in [2.24, 2.45) is 5.92 Å². The predicted molar refractivity (Wildman–Crippen MR) is 87.1 cm³/mol. The number of hydrogen-bond acceptors (Lipinski definition) is 5. The lowest BCUT2D eigenvalue weighted by Gasteiger charge is -2.31. The molecule has 1 atom stereocenters. The van der Waals surface area contributed by atoms with Crippen LogP contribution in [0.15, 0.2) is 34.9 Å². The van der Waals surface area contributed by atoms with Gasteiger partial charge in [0.25, 0.3) is 0 Å². The van der Waals surface area contributed by atoms with Crippen LogP contribution < -0.4 is 4.74 Å². The van der Waals surface area contributed by atoms with Crippen molar-refractivity contribution in [3.8, 4) is 5.75 Å². The highest BCUT2D eigenvalue weighted by atomic mass is 16.5. The van der Waals surface area contributed by atoms with Gasteiger partial charge < -0.3 is 14.4 Å². The highest BCUT2D eigenvalue weighted by Gasteiger charge is 2.19. The van der Waals surface area contributed by atoms with Crippen LogP contribution in [0.3, 0.4) is 0 Å². The molecule has 0 radical (unpaired) electrons. The van der Waals surface area contributed by atoms with E-state index in [4.69, 9.17) is 9.26 Å². The molecule has 5 heteroatoms. The zero-order chi connectivity index (χ0) is 16.1. The number of benzene rings is 1. The topological polar surface area (TPSA) is 58.7 Å². The minimum atomic E-state index is 0.288. The third-order valence-corrected chi connectivity index (χ3v) is 4.22. The lowest BCUT2D eigenvalue weighted by Crippen LogP contribution is -2.36. The number of aliphatic hydroxyl groups excluding tert-OH is 1. The average molecular weight is 316 g/mol. The zero-order valence-electron chi connectivity index (χ0n) is 13.6. The summed E-state index contributed by atoms with van der Waals surface area (Å²) in [5.41, 5.74) is 2.09. The third-order valence-electron chi connectivity index (χ3n) is 4.22. The summed E-state index contributed by atoms with van der Waals surface area (Å²) in [7, 11) is 0. The van der Waals surface area contributed by atoms with Crippen LogP contribution in [0.25, 0.3) is 0 Å². The van der Waals surface area contributed by atoms with E-state index < -0.39 is 0 Å². The molecule has 124 valence electrons. The summed E-state index contributed by atoms with van der Waals surface area (Å²) in [5.74, 6) is 1.99. The van der Waals surface area contributed by atoms with Crippen LogP contribution in [-0.4, -0.2) is 34.9 Å². The van der Waals surface area contributed by atoms with E-state index in [1.807, 2.05) is 25.1 Å². The first kappa shape index (κ1) is 16.0. The molecule has 0 spiro atoms. The second kappa shape index (κ2) is 7.62. The second-order valence-corrected chi connectivity index (χ2v) is 6.30.